The van der Waals surface area contributed by atoms with Crippen LogP contribution in [0.2, 0.25) is 0 Å². The first kappa shape index (κ1) is 16.5. The number of aliphatic hydroxyl groups excluding tert-OH is 1. The molecule has 1 aromatic carbocycles. The largest absolute Gasteiger partial charge is 0.388 e. The quantitative estimate of drug-likeness (QED) is 0.897. The van der Waals surface area contributed by atoms with Gasteiger partial charge in [-0.1, -0.05) is 49.6 Å². The van der Waals surface area contributed by atoms with E-state index in [-0.39, 0.29) is 24.0 Å². The SMILES string of the molecule is O=C(CC(O)c1ccccc1)NC1CCOC2(CCCCC2)C1. The Balaban J connectivity index is 1.51. The van der Waals surface area contributed by atoms with Crippen molar-refractivity contribution in [3.05, 3.63) is 35.9 Å². The molecule has 2 atom stereocenters. The molecule has 2 fully saturated rings. The van der Waals surface area contributed by atoms with Crippen LogP contribution in [0.15, 0.2) is 30.3 Å². The summed E-state index contributed by atoms with van der Waals surface area (Å²) in [6.07, 6.45) is 7.16. The van der Waals surface area contributed by atoms with E-state index in [0.29, 0.717) is 0 Å². The molecule has 0 radical (unpaired) electrons. The number of carbonyl (C=O) groups excluding carboxylic acids is 1. The number of carbonyl (C=O) groups is 1. The van der Waals surface area contributed by atoms with Crippen LogP contribution in [0.3, 0.4) is 0 Å². The molecule has 1 aliphatic carbocycles. The first-order valence-electron chi connectivity index (χ1n) is 8.83. The predicted molar refractivity (Wildman–Crippen MR) is 89.0 cm³/mol. The van der Waals surface area contributed by atoms with Gasteiger partial charge in [-0.2, -0.15) is 0 Å². The molecule has 1 heterocycles. The van der Waals surface area contributed by atoms with Crippen LogP contribution in [0.5, 0.6) is 0 Å². The zero-order valence-electron chi connectivity index (χ0n) is 13.7. The Morgan fingerprint density at radius 2 is 2.00 bits per heavy atom. The van der Waals surface area contributed by atoms with Gasteiger partial charge in [0.2, 0.25) is 5.91 Å². The number of nitrogens with one attached hydrogen (secondary N) is 1. The zero-order valence-corrected chi connectivity index (χ0v) is 13.7. The van der Waals surface area contributed by atoms with Gasteiger partial charge < -0.3 is 15.2 Å². The van der Waals surface area contributed by atoms with Crippen LogP contribution >= 0.6 is 0 Å². The Morgan fingerprint density at radius 3 is 2.74 bits per heavy atom. The molecule has 23 heavy (non-hydrogen) atoms. The van der Waals surface area contributed by atoms with Crippen molar-refractivity contribution in [1.82, 2.24) is 5.32 Å². The monoisotopic (exact) mass is 317 g/mol. The van der Waals surface area contributed by atoms with Gasteiger partial charge in [-0.25, -0.2) is 0 Å². The zero-order chi connectivity index (χ0) is 16.1. The van der Waals surface area contributed by atoms with Gasteiger partial charge >= 0.3 is 0 Å². The van der Waals surface area contributed by atoms with Crippen LogP contribution in [-0.2, 0) is 9.53 Å². The maximum absolute atomic E-state index is 12.3. The molecular weight excluding hydrogens is 290 g/mol. The molecule has 1 aromatic rings. The predicted octanol–water partition coefficient (Wildman–Crippen LogP) is 3.11. The maximum Gasteiger partial charge on any atom is 0.223 e. The van der Waals surface area contributed by atoms with E-state index < -0.39 is 6.10 Å². The van der Waals surface area contributed by atoms with Crippen molar-refractivity contribution in [2.75, 3.05) is 6.61 Å². The second-order valence-corrected chi connectivity index (χ2v) is 6.98. The third-order valence-corrected chi connectivity index (χ3v) is 5.19. The summed E-state index contributed by atoms with van der Waals surface area (Å²) in [5.74, 6) is -0.0702. The molecule has 3 rings (SSSR count). The molecular formula is C19H27NO3. The molecule has 2 unspecified atom stereocenters. The second kappa shape index (κ2) is 7.45. The summed E-state index contributed by atoms with van der Waals surface area (Å²) in [4.78, 5) is 12.3. The summed E-state index contributed by atoms with van der Waals surface area (Å²) in [6.45, 7) is 0.728. The highest BCUT2D eigenvalue weighted by Gasteiger charge is 2.38. The van der Waals surface area contributed by atoms with Gasteiger partial charge in [-0.3, -0.25) is 4.79 Å². The molecule has 1 saturated heterocycles. The maximum atomic E-state index is 12.3. The van der Waals surface area contributed by atoms with Crippen molar-refractivity contribution in [2.24, 2.45) is 0 Å². The fraction of sp³-hybridized carbons (Fsp3) is 0.632. The lowest BCUT2D eigenvalue weighted by Crippen LogP contribution is -2.49. The lowest BCUT2D eigenvalue weighted by Gasteiger charge is -2.43. The Morgan fingerprint density at radius 1 is 1.26 bits per heavy atom. The van der Waals surface area contributed by atoms with Crippen LogP contribution in [0.25, 0.3) is 0 Å². The first-order chi connectivity index (χ1) is 11.2. The average Bonchev–Trinajstić information content (AvgIpc) is 2.56. The molecule has 1 saturated carbocycles. The van der Waals surface area contributed by atoms with Crippen molar-refractivity contribution in [3.8, 4) is 0 Å². The molecule has 126 valence electrons. The van der Waals surface area contributed by atoms with Crippen molar-refractivity contribution in [1.29, 1.82) is 0 Å². The molecule has 2 N–H and O–H groups in total. The van der Waals surface area contributed by atoms with Gasteiger partial charge in [-0.05, 0) is 31.2 Å². The van der Waals surface area contributed by atoms with E-state index in [1.807, 2.05) is 30.3 Å². The van der Waals surface area contributed by atoms with Crippen molar-refractivity contribution in [3.63, 3.8) is 0 Å². The molecule has 2 aliphatic rings. The summed E-state index contributed by atoms with van der Waals surface area (Å²) < 4.78 is 6.07. The van der Waals surface area contributed by atoms with Crippen molar-refractivity contribution < 1.29 is 14.6 Å². The highest BCUT2D eigenvalue weighted by molar-refractivity contribution is 5.77. The number of hydrogen-bond acceptors (Lipinski definition) is 3. The fourth-order valence-corrected chi connectivity index (χ4v) is 3.95. The van der Waals surface area contributed by atoms with Crippen molar-refractivity contribution >= 4 is 5.91 Å². The second-order valence-electron chi connectivity index (χ2n) is 6.98. The summed E-state index contributed by atoms with van der Waals surface area (Å²) in [5.41, 5.74) is 0.783. The minimum Gasteiger partial charge on any atom is -0.388 e. The first-order valence-corrected chi connectivity index (χ1v) is 8.83. The lowest BCUT2D eigenvalue weighted by molar-refractivity contribution is -0.130. The number of hydrogen-bond donors (Lipinski definition) is 2. The van der Waals surface area contributed by atoms with E-state index in [0.717, 1.165) is 37.9 Å². The summed E-state index contributed by atoms with van der Waals surface area (Å²) in [6, 6.07) is 9.54. The van der Waals surface area contributed by atoms with Gasteiger partial charge in [0.25, 0.3) is 0 Å². The van der Waals surface area contributed by atoms with E-state index in [9.17, 15) is 9.90 Å². The molecule has 4 nitrogen and oxygen atoms in total. The molecule has 0 bridgehead atoms. The minimum absolute atomic E-state index is 0.00745. The number of amides is 1. The highest BCUT2D eigenvalue weighted by Crippen LogP contribution is 2.38. The average molecular weight is 317 g/mol. The standard InChI is InChI=1S/C19H27NO3/c21-17(15-7-3-1-4-8-15)13-18(22)20-16-9-12-23-19(14-16)10-5-2-6-11-19/h1,3-4,7-8,16-17,21H,2,5-6,9-14H2,(H,20,22). The Bertz CT molecular complexity index is 505. The lowest BCUT2D eigenvalue weighted by atomic mass is 9.78. The van der Waals surface area contributed by atoms with Crippen LogP contribution < -0.4 is 5.32 Å². The molecule has 4 heteroatoms. The van der Waals surface area contributed by atoms with Crippen LogP contribution in [-0.4, -0.2) is 29.3 Å². The van der Waals surface area contributed by atoms with Gasteiger partial charge in [0, 0.05) is 12.6 Å². The highest BCUT2D eigenvalue weighted by atomic mass is 16.5. The van der Waals surface area contributed by atoms with Gasteiger partial charge in [-0.15, -0.1) is 0 Å². The van der Waals surface area contributed by atoms with Crippen molar-refractivity contribution in [2.45, 2.75) is 69.1 Å². The number of benzene rings is 1. The number of rotatable bonds is 4. The third-order valence-electron chi connectivity index (χ3n) is 5.19. The Kier molecular flexibility index (Phi) is 5.34. The Labute approximate surface area is 138 Å². The van der Waals surface area contributed by atoms with Crippen LogP contribution in [0.1, 0.15) is 63.0 Å². The van der Waals surface area contributed by atoms with E-state index >= 15 is 0 Å². The normalized spacial score (nSPS) is 25.0. The van der Waals surface area contributed by atoms with E-state index in [1.165, 1.54) is 19.3 Å². The van der Waals surface area contributed by atoms with E-state index in [4.69, 9.17) is 4.74 Å². The smallest absolute Gasteiger partial charge is 0.223 e. The van der Waals surface area contributed by atoms with Crippen LogP contribution in [0.4, 0.5) is 0 Å². The third kappa shape index (κ3) is 4.33. The van der Waals surface area contributed by atoms with Gasteiger partial charge in [0.15, 0.2) is 0 Å². The number of ether oxygens (including phenoxy) is 1. The topological polar surface area (TPSA) is 58.6 Å². The minimum atomic E-state index is -0.736. The molecule has 1 aliphatic heterocycles. The molecule has 1 spiro atoms. The fourth-order valence-electron chi connectivity index (χ4n) is 3.95. The van der Waals surface area contributed by atoms with E-state index in [1.54, 1.807) is 0 Å². The van der Waals surface area contributed by atoms with Crippen LogP contribution in [0, 0.1) is 0 Å². The van der Waals surface area contributed by atoms with Gasteiger partial charge in [0.05, 0.1) is 18.1 Å². The summed E-state index contributed by atoms with van der Waals surface area (Å²) in [5, 5.41) is 13.3. The number of aliphatic hydroxyl groups is 1. The van der Waals surface area contributed by atoms with E-state index in [2.05, 4.69) is 5.32 Å². The molecule has 1 amide bonds. The Hall–Kier alpha value is -1.39. The van der Waals surface area contributed by atoms with Gasteiger partial charge in [0.1, 0.15) is 0 Å². The molecule has 0 aromatic heterocycles. The summed E-state index contributed by atoms with van der Waals surface area (Å²) >= 11 is 0. The summed E-state index contributed by atoms with van der Waals surface area (Å²) in [7, 11) is 0.